The molecule has 1 rings (SSSR count). The zero-order valence-electron chi connectivity index (χ0n) is 10.6. The Bertz CT molecular complexity index is 173. The summed E-state index contributed by atoms with van der Waals surface area (Å²) in [6.07, 6.45) is 2.99. The molecule has 0 bridgehead atoms. The first-order valence-corrected chi connectivity index (χ1v) is 6.90. The quantitative estimate of drug-likeness (QED) is 0.722. The van der Waals surface area contributed by atoms with Crippen molar-refractivity contribution in [3.63, 3.8) is 0 Å². The molecule has 90 valence electrons. The lowest BCUT2D eigenvalue weighted by Gasteiger charge is -2.23. The monoisotopic (exact) mass is 231 g/mol. The highest BCUT2D eigenvalue weighted by molar-refractivity contribution is 8.00. The topological polar surface area (TPSA) is 12.5 Å². The number of thioether (sulfide) groups is 1. The second kappa shape index (κ2) is 6.12. The van der Waals surface area contributed by atoms with Crippen LogP contribution in [-0.4, -0.2) is 48.2 Å². The van der Waals surface area contributed by atoms with Crippen molar-refractivity contribution in [3.8, 4) is 0 Å². The molecule has 0 aromatic rings. The molecule has 0 radical (unpaired) electrons. The Morgan fingerprint density at radius 3 is 2.67 bits per heavy atom. The minimum Gasteiger partial charge on any atom is -0.377 e. The third-order valence-corrected chi connectivity index (χ3v) is 3.80. The van der Waals surface area contributed by atoms with Gasteiger partial charge in [0.25, 0.3) is 0 Å². The van der Waals surface area contributed by atoms with Gasteiger partial charge in [-0.25, -0.2) is 0 Å². The van der Waals surface area contributed by atoms with Crippen molar-refractivity contribution in [2.45, 2.75) is 44.5 Å². The summed E-state index contributed by atoms with van der Waals surface area (Å²) in [6.45, 7) is 10.1. The molecule has 1 atom stereocenters. The predicted octanol–water partition coefficient (Wildman–Crippen LogP) is 2.63. The van der Waals surface area contributed by atoms with E-state index in [-0.39, 0.29) is 0 Å². The fraction of sp³-hybridized carbons (Fsp3) is 1.00. The van der Waals surface area contributed by atoms with Crippen molar-refractivity contribution in [2.24, 2.45) is 0 Å². The summed E-state index contributed by atoms with van der Waals surface area (Å²) in [5.74, 6) is 1.22. The maximum Gasteiger partial charge on any atom is 0.0702 e. The summed E-state index contributed by atoms with van der Waals surface area (Å²) >= 11 is 2.04. The molecule has 0 N–H and O–H groups in total. The van der Waals surface area contributed by atoms with Crippen LogP contribution in [0.4, 0.5) is 0 Å². The van der Waals surface area contributed by atoms with Crippen molar-refractivity contribution in [1.29, 1.82) is 0 Å². The summed E-state index contributed by atoms with van der Waals surface area (Å²) in [7, 11) is 2.20. The molecule has 2 nitrogen and oxygen atoms in total. The van der Waals surface area contributed by atoms with Gasteiger partial charge in [0.15, 0.2) is 0 Å². The van der Waals surface area contributed by atoms with Gasteiger partial charge >= 0.3 is 0 Å². The molecule has 0 amide bonds. The smallest absolute Gasteiger partial charge is 0.0702 e. The van der Waals surface area contributed by atoms with E-state index in [1.165, 1.54) is 25.1 Å². The van der Waals surface area contributed by atoms with E-state index in [1.54, 1.807) is 0 Å². The Hall–Kier alpha value is 0.270. The third-order valence-electron chi connectivity index (χ3n) is 2.55. The molecule has 1 aliphatic heterocycles. The van der Waals surface area contributed by atoms with Crippen LogP contribution in [0.5, 0.6) is 0 Å². The molecular weight excluding hydrogens is 206 g/mol. The Morgan fingerprint density at radius 1 is 1.40 bits per heavy atom. The number of hydrogen-bond donors (Lipinski definition) is 0. The predicted molar refractivity (Wildman–Crippen MR) is 68.7 cm³/mol. The number of likely N-dealkylation sites (N-methyl/N-ethyl adjacent to an activating group) is 1. The molecule has 15 heavy (non-hydrogen) atoms. The van der Waals surface area contributed by atoms with E-state index in [4.69, 9.17) is 4.74 Å². The first-order valence-electron chi connectivity index (χ1n) is 5.91. The normalized spacial score (nSPS) is 22.6. The van der Waals surface area contributed by atoms with E-state index >= 15 is 0 Å². The lowest BCUT2D eigenvalue weighted by Crippen LogP contribution is -2.31. The first-order chi connectivity index (χ1) is 6.97. The molecule has 0 unspecified atom stereocenters. The second-order valence-electron chi connectivity index (χ2n) is 5.36. The molecule has 1 saturated heterocycles. The van der Waals surface area contributed by atoms with Gasteiger partial charge in [0.1, 0.15) is 0 Å². The average molecular weight is 231 g/mol. The number of rotatable bonds is 5. The van der Waals surface area contributed by atoms with E-state index in [0.29, 0.717) is 10.9 Å². The van der Waals surface area contributed by atoms with Crippen molar-refractivity contribution in [2.75, 3.05) is 32.5 Å². The highest BCUT2D eigenvalue weighted by Crippen LogP contribution is 2.22. The van der Waals surface area contributed by atoms with Gasteiger partial charge < -0.3 is 9.64 Å². The van der Waals surface area contributed by atoms with Crippen LogP contribution < -0.4 is 0 Å². The molecule has 1 heterocycles. The van der Waals surface area contributed by atoms with Crippen LogP contribution in [0, 0.1) is 0 Å². The van der Waals surface area contributed by atoms with Gasteiger partial charge in [0, 0.05) is 30.2 Å². The standard InChI is InChI=1S/C12H25NOS/c1-12(2,3)15-9-7-13(4)10-11-6-5-8-14-11/h11H,5-10H2,1-4H3/t11-/m0/s1. The Kier molecular flexibility index (Phi) is 5.44. The van der Waals surface area contributed by atoms with Gasteiger partial charge in [-0.05, 0) is 19.9 Å². The lowest BCUT2D eigenvalue weighted by molar-refractivity contribution is 0.0830. The Balaban J connectivity index is 2.05. The largest absolute Gasteiger partial charge is 0.377 e. The van der Waals surface area contributed by atoms with Crippen LogP contribution in [0.25, 0.3) is 0 Å². The fourth-order valence-corrected chi connectivity index (χ4v) is 2.75. The van der Waals surface area contributed by atoms with Crippen LogP contribution in [0.2, 0.25) is 0 Å². The van der Waals surface area contributed by atoms with E-state index in [2.05, 4.69) is 32.7 Å². The average Bonchev–Trinajstić information content (AvgIpc) is 2.54. The minimum absolute atomic E-state index is 0.394. The number of hydrogen-bond acceptors (Lipinski definition) is 3. The van der Waals surface area contributed by atoms with Gasteiger partial charge in [0.05, 0.1) is 6.10 Å². The Morgan fingerprint density at radius 2 is 2.13 bits per heavy atom. The van der Waals surface area contributed by atoms with Crippen LogP contribution in [0.3, 0.4) is 0 Å². The van der Waals surface area contributed by atoms with Crippen molar-refractivity contribution in [3.05, 3.63) is 0 Å². The zero-order chi connectivity index (χ0) is 11.3. The lowest BCUT2D eigenvalue weighted by atomic mass is 10.2. The van der Waals surface area contributed by atoms with Gasteiger partial charge in [-0.15, -0.1) is 0 Å². The van der Waals surface area contributed by atoms with Crippen LogP contribution in [-0.2, 0) is 4.74 Å². The summed E-state index contributed by atoms with van der Waals surface area (Å²) < 4.78 is 6.02. The fourth-order valence-electron chi connectivity index (χ4n) is 1.73. The first kappa shape index (κ1) is 13.3. The molecule has 0 aliphatic carbocycles. The molecule has 1 fully saturated rings. The summed E-state index contributed by atoms with van der Waals surface area (Å²) in [5, 5.41) is 0. The summed E-state index contributed by atoms with van der Waals surface area (Å²) in [6, 6.07) is 0. The van der Waals surface area contributed by atoms with E-state index < -0.39 is 0 Å². The molecule has 0 saturated carbocycles. The molecule has 0 aromatic carbocycles. The molecule has 1 aliphatic rings. The van der Waals surface area contributed by atoms with Crippen LogP contribution in [0.1, 0.15) is 33.6 Å². The Labute approximate surface area is 98.7 Å². The molecule has 0 aromatic heterocycles. The molecule has 0 spiro atoms. The van der Waals surface area contributed by atoms with E-state index in [9.17, 15) is 0 Å². The number of nitrogens with zero attached hydrogens (tertiary/aromatic N) is 1. The SMILES string of the molecule is CN(CCSC(C)(C)C)C[C@@H]1CCCO1. The van der Waals surface area contributed by atoms with Gasteiger partial charge in [-0.2, -0.15) is 11.8 Å². The van der Waals surface area contributed by atoms with E-state index in [1.807, 2.05) is 11.8 Å². The van der Waals surface area contributed by atoms with Gasteiger partial charge in [-0.1, -0.05) is 20.8 Å². The third kappa shape index (κ3) is 6.44. The van der Waals surface area contributed by atoms with Crippen LogP contribution in [0.15, 0.2) is 0 Å². The van der Waals surface area contributed by atoms with Gasteiger partial charge in [-0.3, -0.25) is 0 Å². The zero-order valence-corrected chi connectivity index (χ0v) is 11.4. The minimum atomic E-state index is 0.394. The molecule has 3 heteroatoms. The van der Waals surface area contributed by atoms with Gasteiger partial charge in [0.2, 0.25) is 0 Å². The maximum absolute atomic E-state index is 5.62. The van der Waals surface area contributed by atoms with Crippen molar-refractivity contribution >= 4 is 11.8 Å². The molecular formula is C12H25NOS. The maximum atomic E-state index is 5.62. The van der Waals surface area contributed by atoms with Crippen molar-refractivity contribution < 1.29 is 4.74 Å². The van der Waals surface area contributed by atoms with E-state index in [0.717, 1.165) is 13.2 Å². The van der Waals surface area contributed by atoms with Crippen LogP contribution >= 0.6 is 11.8 Å². The summed E-state index contributed by atoms with van der Waals surface area (Å²) in [4.78, 5) is 2.40. The number of ether oxygens (including phenoxy) is 1. The van der Waals surface area contributed by atoms with Crippen molar-refractivity contribution in [1.82, 2.24) is 4.90 Å². The second-order valence-corrected chi connectivity index (χ2v) is 7.28. The highest BCUT2D eigenvalue weighted by atomic mass is 32.2. The summed E-state index contributed by atoms with van der Waals surface area (Å²) in [5.41, 5.74) is 0. The highest BCUT2D eigenvalue weighted by Gasteiger charge is 2.17.